The molecule has 0 aliphatic rings. The Labute approximate surface area is 116 Å². The van der Waals surface area contributed by atoms with E-state index in [4.69, 9.17) is 5.73 Å². The van der Waals surface area contributed by atoms with Gasteiger partial charge in [-0.2, -0.15) is 8.78 Å². The van der Waals surface area contributed by atoms with E-state index in [9.17, 15) is 8.78 Å². The highest BCUT2D eigenvalue weighted by Crippen LogP contribution is 2.30. The van der Waals surface area contributed by atoms with E-state index in [1.165, 1.54) is 24.2 Å². The lowest BCUT2D eigenvalue weighted by Gasteiger charge is -2.08. The molecule has 1 aromatic heterocycles. The summed E-state index contributed by atoms with van der Waals surface area (Å²) in [4.78, 5) is 4.76. The molecule has 0 spiro atoms. The molecule has 0 aliphatic heterocycles. The molecule has 0 saturated carbocycles. The molecule has 0 fully saturated rings. The Hall–Kier alpha value is -1.08. The molecular formula is C11H10BrF2N3S. The maximum atomic E-state index is 12.6. The van der Waals surface area contributed by atoms with Gasteiger partial charge in [-0.3, -0.25) is 4.57 Å². The van der Waals surface area contributed by atoms with E-state index < -0.39 is 6.55 Å². The summed E-state index contributed by atoms with van der Waals surface area (Å²) in [7, 11) is 0. The first-order chi connectivity index (χ1) is 8.58. The van der Waals surface area contributed by atoms with Crippen molar-refractivity contribution >= 4 is 33.4 Å². The first-order valence-corrected chi connectivity index (χ1v) is 6.83. The molecule has 0 bridgehead atoms. The topological polar surface area (TPSA) is 43.8 Å². The minimum Gasteiger partial charge on any atom is -0.398 e. The minimum absolute atomic E-state index is 0.331. The van der Waals surface area contributed by atoms with Crippen molar-refractivity contribution in [2.24, 2.45) is 0 Å². The Balaban J connectivity index is 2.09. The third kappa shape index (κ3) is 3.02. The lowest BCUT2D eigenvalue weighted by molar-refractivity contribution is 0.0678. The monoisotopic (exact) mass is 333 g/mol. The average molecular weight is 334 g/mol. The van der Waals surface area contributed by atoms with Crippen LogP contribution in [0.1, 0.15) is 12.4 Å². The van der Waals surface area contributed by atoms with E-state index in [0.717, 1.165) is 13.9 Å². The van der Waals surface area contributed by atoms with Gasteiger partial charge in [0, 0.05) is 27.4 Å². The number of aromatic nitrogens is 2. The Bertz CT molecular complexity index is 545. The zero-order valence-corrected chi connectivity index (χ0v) is 11.6. The van der Waals surface area contributed by atoms with E-state index in [0.29, 0.717) is 17.3 Å². The maximum Gasteiger partial charge on any atom is 0.319 e. The van der Waals surface area contributed by atoms with Crippen molar-refractivity contribution < 1.29 is 8.78 Å². The van der Waals surface area contributed by atoms with E-state index >= 15 is 0 Å². The number of nitrogen functional groups attached to an aromatic ring is 1. The van der Waals surface area contributed by atoms with E-state index in [1.54, 1.807) is 6.07 Å². The van der Waals surface area contributed by atoms with Crippen LogP contribution in [0.2, 0.25) is 0 Å². The first kappa shape index (κ1) is 13.4. The predicted octanol–water partition coefficient (Wildman–Crippen LogP) is 3.92. The van der Waals surface area contributed by atoms with Crippen LogP contribution in [-0.4, -0.2) is 9.55 Å². The van der Waals surface area contributed by atoms with Gasteiger partial charge >= 0.3 is 6.55 Å². The van der Waals surface area contributed by atoms with Gasteiger partial charge in [0.15, 0.2) is 0 Å². The quantitative estimate of drug-likeness (QED) is 0.681. The number of benzene rings is 1. The highest BCUT2D eigenvalue weighted by molar-refractivity contribution is 9.10. The number of hydrogen-bond acceptors (Lipinski definition) is 3. The van der Waals surface area contributed by atoms with Crippen molar-refractivity contribution in [3.63, 3.8) is 0 Å². The van der Waals surface area contributed by atoms with Crippen LogP contribution >= 0.6 is 27.7 Å². The molecule has 96 valence electrons. The van der Waals surface area contributed by atoms with Crippen LogP contribution in [0.25, 0.3) is 0 Å². The second-order valence-electron chi connectivity index (χ2n) is 3.50. The Morgan fingerprint density at radius 1 is 1.44 bits per heavy atom. The summed E-state index contributed by atoms with van der Waals surface area (Å²) >= 11 is 4.69. The van der Waals surface area contributed by atoms with Crippen molar-refractivity contribution in [2.45, 2.75) is 17.2 Å². The fourth-order valence-corrected chi connectivity index (χ4v) is 2.70. The van der Waals surface area contributed by atoms with Gasteiger partial charge < -0.3 is 5.73 Å². The third-order valence-electron chi connectivity index (χ3n) is 2.29. The summed E-state index contributed by atoms with van der Waals surface area (Å²) in [6.07, 6.45) is 2.64. The Morgan fingerprint density at radius 2 is 2.22 bits per heavy atom. The lowest BCUT2D eigenvalue weighted by atomic mass is 10.3. The smallest absolute Gasteiger partial charge is 0.319 e. The fourth-order valence-electron chi connectivity index (χ4n) is 1.43. The van der Waals surface area contributed by atoms with Gasteiger partial charge in [0.2, 0.25) is 0 Å². The number of hydrogen-bond donors (Lipinski definition) is 1. The van der Waals surface area contributed by atoms with Crippen molar-refractivity contribution in [1.82, 2.24) is 9.55 Å². The maximum absolute atomic E-state index is 12.6. The number of rotatable bonds is 4. The van der Waals surface area contributed by atoms with Gasteiger partial charge in [0.25, 0.3) is 0 Å². The van der Waals surface area contributed by atoms with Crippen LogP contribution in [0.5, 0.6) is 0 Å². The number of halogens is 3. The fraction of sp³-hybridized carbons (Fsp3) is 0.182. The van der Waals surface area contributed by atoms with Crippen LogP contribution in [0.15, 0.2) is 40.0 Å². The molecule has 18 heavy (non-hydrogen) atoms. The second-order valence-corrected chi connectivity index (χ2v) is 5.43. The molecule has 1 aromatic carbocycles. The van der Waals surface area contributed by atoms with Gasteiger partial charge in [0.1, 0.15) is 5.82 Å². The molecule has 0 unspecified atom stereocenters. The molecule has 0 atom stereocenters. The van der Waals surface area contributed by atoms with Crippen molar-refractivity contribution in [2.75, 3.05) is 5.73 Å². The van der Waals surface area contributed by atoms with E-state index in [2.05, 4.69) is 20.9 Å². The van der Waals surface area contributed by atoms with Gasteiger partial charge in [-0.15, -0.1) is 11.8 Å². The van der Waals surface area contributed by atoms with Crippen LogP contribution in [0.4, 0.5) is 14.5 Å². The van der Waals surface area contributed by atoms with E-state index in [1.807, 2.05) is 12.1 Å². The van der Waals surface area contributed by atoms with E-state index in [-0.39, 0.29) is 0 Å². The molecule has 3 nitrogen and oxygen atoms in total. The van der Waals surface area contributed by atoms with Crippen molar-refractivity contribution in [3.8, 4) is 0 Å². The number of thioether (sulfide) groups is 1. The van der Waals surface area contributed by atoms with Crippen molar-refractivity contribution in [1.29, 1.82) is 0 Å². The number of nitrogens with two attached hydrogens (primary N) is 1. The summed E-state index contributed by atoms with van der Waals surface area (Å²) in [5.74, 6) is 0.681. The normalized spacial score (nSPS) is 11.1. The molecule has 0 amide bonds. The molecular weight excluding hydrogens is 324 g/mol. The number of imidazole rings is 1. The highest BCUT2D eigenvalue weighted by Gasteiger charge is 2.12. The molecule has 2 aromatic rings. The summed E-state index contributed by atoms with van der Waals surface area (Å²) in [6.45, 7) is -2.56. The molecule has 2 N–H and O–H groups in total. The molecule has 7 heteroatoms. The molecule has 1 heterocycles. The molecule has 0 saturated heterocycles. The predicted molar refractivity (Wildman–Crippen MR) is 71.6 cm³/mol. The van der Waals surface area contributed by atoms with Gasteiger partial charge in [-0.1, -0.05) is 15.9 Å². The summed E-state index contributed by atoms with van der Waals surface area (Å²) in [5, 5.41) is 0. The third-order valence-corrected chi connectivity index (χ3v) is 3.87. The molecule has 0 radical (unpaired) electrons. The summed E-state index contributed by atoms with van der Waals surface area (Å²) in [5.41, 5.74) is 6.45. The highest BCUT2D eigenvalue weighted by atomic mass is 79.9. The van der Waals surface area contributed by atoms with Crippen LogP contribution in [0.3, 0.4) is 0 Å². The Kier molecular flexibility index (Phi) is 4.23. The van der Waals surface area contributed by atoms with Gasteiger partial charge in [0.05, 0.1) is 5.75 Å². The minimum atomic E-state index is -2.56. The van der Waals surface area contributed by atoms with Crippen LogP contribution in [-0.2, 0) is 5.75 Å². The van der Waals surface area contributed by atoms with Gasteiger partial charge in [-0.25, -0.2) is 4.98 Å². The lowest BCUT2D eigenvalue weighted by Crippen LogP contribution is -2.02. The second kappa shape index (κ2) is 5.71. The van der Waals surface area contributed by atoms with Crippen molar-refractivity contribution in [3.05, 3.63) is 40.9 Å². The SMILES string of the molecule is Nc1cc(Br)ccc1SCc1nccn1C(F)F. The number of alkyl halides is 2. The number of nitrogens with zero attached hydrogens (tertiary/aromatic N) is 2. The number of anilines is 1. The van der Waals surface area contributed by atoms with Gasteiger partial charge in [-0.05, 0) is 18.2 Å². The standard InChI is InChI=1S/C11H10BrF2N3S/c12-7-1-2-9(8(15)5-7)18-6-10-16-3-4-17(10)11(13)14/h1-5,11H,6,15H2. The van der Waals surface area contributed by atoms with Crippen LogP contribution in [0, 0.1) is 0 Å². The molecule has 0 aliphatic carbocycles. The largest absolute Gasteiger partial charge is 0.398 e. The summed E-state index contributed by atoms with van der Waals surface area (Å²) < 4.78 is 26.9. The summed E-state index contributed by atoms with van der Waals surface area (Å²) in [6, 6.07) is 5.49. The zero-order valence-electron chi connectivity index (χ0n) is 9.19. The average Bonchev–Trinajstić information content (AvgIpc) is 2.76. The Morgan fingerprint density at radius 3 is 2.89 bits per heavy atom. The first-order valence-electron chi connectivity index (χ1n) is 5.05. The zero-order chi connectivity index (χ0) is 13.1. The molecule has 2 rings (SSSR count). The van der Waals surface area contributed by atoms with Crippen LogP contribution < -0.4 is 5.73 Å².